The first-order valence-corrected chi connectivity index (χ1v) is 13.9. The van der Waals surface area contributed by atoms with Crippen LogP contribution in [0.4, 0.5) is 5.69 Å². The molecule has 0 spiro atoms. The van der Waals surface area contributed by atoms with Gasteiger partial charge in [0.2, 0.25) is 0 Å². The second kappa shape index (κ2) is 12.2. The number of sulfonamides is 1. The molecule has 0 bridgehead atoms. The summed E-state index contributed by atoms with van der Waals surface area (Å²) in [4.78, 5) is 13.4. The molecular formula is C30H29ClN2O4S. The van der Waals surface area contributed by atoms with Crippen LogP contribution in [0.1, 0.15) is 27.0 Å². The minimum absolute atomic E-state index is 0.0313. The molecule has 1 amide bonds. The highest BCUT2D eigenvalue weighted by Crippen LogP contribution is 2.30. The quantitative estimate of drug-likeness (QED) is 0.263. The normalized spacial score (nSPS) is 11.1. The fourth-order valence-corrected chi connectivity index (χ4v) is 5.58. The molecule has 0 radical (unpaired) electrons. The number of benzene rings is 4. The molecule has 4 aromatic carbocycles. The first-order chi connectivity index (χ1) is 18.3. The molecule has 0 saturated heterocycles. The maximum atomic E-state index is 13.9. The van der Waals surface area contributed by atoms with Gasteiger partial charge in [0, 0.05) is 11.6 Å². The van der Waals surface area contributed by atoms with Gasteiger partial charge in [-0.1, -0.05) is 65.7 Å². The maximum Gasteiger partial charge on any atom is 0.264 e. The van der Waals surface area contributed by atoms with Gasteiger partial charge < -0.3 is 10.1 Å². The molecule has 4 aromatic rings. The van der Waals surface area contributed by atoms with Crippen LogP contribution in [0.3, 0.4) is 0 Å². The maximum absolute atomic E-state index is 13.9. The fourth-order valence-electron chi connectivity index (χ4n) is 3.98. The number of carbonyl (C=O) groups is 1. The predicted molar refractivity (Wildman–Crippen MR) is 151 cm³/mol. The molecule has 0 aliphatic rings. The van der Waals surface area contributed by atoms with Gasteiger partial charge >= 0.3 is 0 Å². The summed E-state index contributed by atoms with van der Waals surface area (Å²) in [7, 11) is -2.38. The average molecular weight is 549 g/mol. The zero-order valence-electron chi connectivity index (χ0n) is 21.2. The second-order valence-corrected chi connectivity index (χ2v) is 11.1. The van der Waals surface area contributed by atoms with E-state index in [1.807, 2.05) is 31.2 Å². The van der Waals surface area contributed by atoms with Crippen LogP contribution < -0.4 is 14.4 Å². The number of hydrogen-bond donors (Lipinski definition) is 1. The molecule has 0 heterocycles. The summed E-state index contributed by atoms with van der Waals surface area (Å²) in [6.07, 6.45) is 0.619. The number of rotatable bonds is 10. The van der Waals surface area contributed by atoms with E-state index >= 15 is 0 Å². The van der Waals surface area contributed by atoms with Crippen molar-refractivity contribution in [1.82, 2.24) is 5.32 Å². The Kier molecular flexibility index (Phi) is 8.71. The lowest BCUT2D eigenvalue weighted by molar-refractivity contribution is 0.0954. The number of amides is 1. The smallest absolute Gasteiger partial charge is 0.264 e. The molecule has 1 N–H and O–H groups in total. The summed E-state index contributed by atoms with van der Waals surface area (Å²) in [5.74, 6) is 0.414. The van der Waals surface area contributed by atoms with Crippen molar-refractivity contribution in [2.45, 2.75) is 24.8 Å². The monoisotopic (exact) mass is 548 g/mol. The van der Waals surface area contributed by atoms with Crippen molar-refractivity contribution >= 4 is 33.2 Å². The Morgan fingerprint density at radius 2 is 1.50 bits per heavy atom. The third-order valence-electron chi connectivity index (χ3n) is 6.12. The number of aryl methyl sites for hydroxylation is 1. The average Bonchev–Trinajstić information content (AvgIpc) is 2.93. The van der Waals surface area contributed by atoms with Crippen LogP contribution in [-0.2, 0) is 23.0 Å². The van der Waals surface area contributed by atoms with E-state index in [2.05, 4.69) is 5.32 Å². The number of ether oxygens (including phenoxy) is 1. The lowest BCUT2D eigenvalue weighted by Gasteiger charge is -2.27. The van der Waals surface area contributed by atoms with Crippen molar-refractivity contribution < 1.29 is 17.9 Å². The van der Waals surface area contributed by atoms with Gasteiger partial charge in [-0.2, -0.15) is 0 Å². The van der Waals surface area contributed by atoms with Gasteiger partial charge in [-0.25, -0.2) is 8.42 Å². The fraction of sp³-hybridized carbons (Fsp3) is 0.167. The molecule has 0 aliphatic carbocycles. The van der Waals surface area contributed by atoms with Crippen molar-refractivity contribution in [2.75, 3.05) is 18.0 Å². The second-order valence-electron chi connectivity index (χ2n) is 8.82. The molecule has 38 heavy (non-hydrogen) atoms. The zero-order chi connectivity index (χ0) is 27.1. The predicted octanol–water partition coefficient (Wildman–Crippen LogP) is 6.03. The van der Waals surface area contributed by atoms with Crippen LogP contribution in [0, 0.1) is 6.92 Å². The van der Waals surface area contributed by atoms with E-state index in [0.717, 1.165) is 22.4 Å². The van der Waals surface area contributed by atoms with Crippen LogP contribution in [0.5, 0.6) is 5.75 Å². The minimum atomic E-state index is -4.00. The van der Waals surface area contributed by atoms with Gasteiger partial charge in [0.05, 0.1) is 29.8 Å². The molecule has 0 saturated carbocycles. The Hall–Kier alpha value is -3.81. The molecule has 196 valence electrons. The molecule has 0 aliphatic heterocycles. The van der Waals surface area contributed by atoms with E-state index in [0.29, 0.717) is 23.7 Å². The molecule has 6 nitrogen and oxygen atoms in total. The summed E-state index contributed by atoms with van der Waals surface area (Å²) in [5, 5.41) is 3.49. The van der Waals surface area contributed by atoms with Gasteiger partial charge in [0.25, 0.3) is 15.9 Å². The molecule has 0 unspecified atom stereocenters. The highest BCUT2D eigenvalue weighted by Gasteiger charge is 2.28. The van der Waals surface area contributed by atoms with Crippen molar-refractivity contribution in [1.29, 1.82) is 0 Å². The lowest BCUT2D eigenvalue weighted by atomic mass is 10.1. The SMILES string of the molecule is COc1ccc(CCNC(=O)c2ccccc2N(Cc2ccc(Cl)cc2)S(=O)(=O)c2ccc(C)cc2)cc1. The van der Waals surface area contributed by atoms with Crippen molar-refractivity contribution in [3.05, 3.63) is 124 Å². The summed E-state index contributed by atoms with van der Waals surface area (Å²) in [6.45, 7) is 2.32. The highest BCUT2D eigenvalue weighted by atomic mass is 35.5. The van der Waals surface area contributed by atoms with Crippen LogP contribution in [0.2, 0.25) is 5.02 Å². The van der Waals surface area contributed by atoms with Gasteiger partial charge in [-0.05, 0) is 73.0 Å². The number of halogens is 1. The van der Waals surface area contributed by atoms with E-state index in [4.69, 9.17) is 16.3 Å². The first-order valence-electron chi connectivity index (χ1n) is 12.1. The molecule has 0 fully saturated rings. The number of anilines is 1. The molecule has 8 heteroatoms. The third kappa shape index (κ3) is 6.54. The first kappa shape index (κ1) is 27.2. The van der Waals surface area contributed by atoms with Crippen LogP contribution in [-0.4, -0.2) is 28.0 Å². The number of hydrogen-bond acceptors (Lipinski definition) is 4. The summed E-state index contributed by atoms with van der Waals surface area (Å²) in [6, 6.07) is 28.0. The largest absolute Gasteiger partial charge is 0.497 e. The number of methoxy groups -OCH3 is 1. The molecular weight excluding hydrogens is 520 g/mol. The van der Waals surface area contributed by atoms with Crippen molar-refractivity contribution in [2.24, 2.45) is 0 Å². The highest BCUT2D eigenvalue weighted by molar-refractivity contribution is 7.92. The van der Waals surface area contributed by atoms with Gasteiger partial charge in [0.1, 0.15) is 5.75 Å². The summed E-state index contributed by atoms with van der Waals surface area (Å²) < 4.78 is 34.3. The van der Waals surface area contributed by atoms with Gasteiger partial charge in [-0.3, -0.25) is 9.10 Å². The van der Waals surface area contributed by atoms with E-state index in [1.54, 1.807) is 79.9 Å². The Morgan fingerprint density at radius 3 is 2.16 bits per heavy atom. The Bertz CT molecular complexity index is 1490. The van der Waals surface area contributed by atoms with Crippen LogP contribution >= 0.6 is 11.6 Å². The van der Waals surface area contributed by atoms with E-state index < -0.39 is 10.0 Å². The molecule has 0 atom stereocenters. The van der Waals surface area contributed by atoms with Crippen molar-refractivity contribution in [3.63, 3.8) is 0 Å². The lowest BCUT2D eigenvalue weighted by Crippen LogP contribution is -2.34. The zero-order valence-corrected chi connectivity index (χ0v) is 22.8. The third-order valence-corrected chi connectivity index (χ3v) is 8.15. The van der Waals surface area contributed by atoms with Gasteiger partial charge in [-0.15, -0.1) is 0 Å². The standard InChI is InChI=1S/C30H29ClN2O4S/c1-22-7-17-27(18-8-22)38(35,36)33(21-24-9-13-25(31)14-10-24)29-6-4-3-5-28(29)30(34)32-20-19-23-11-15-26(37-2)16-12-23/h3-18H,19-21H2,1-2H3,(H,32,34). The minimum Gasteiger partial charge on any atom is -0.497 e. The Morgan fingerprint density at radius 1 is 0.868 bits per heavy atom. The Labute approximate surface area is 228 Å². The van der Waals surface area contributed by atoms with Crippen LogP contribution in [0.15, 0.2) is 102 Å². The molecule has 0 aromatic heterocycles. The summed E-state index contributed by atoms with van der Waals surface area (Å²) >= 11 is 6.05. The number of nitrogens with one attached hydrogen (secondary N) is 1. The Balaban J connectivity index is 1.63. The summed E-state index contributed by atoms with van der Waals surface area (Å²) in [5.41, 5.74) is 3.30. The van der Waals surface area contributed by atoms with E-state index in [9.17, 15) is 13.2 Å². The number of carbonyl (C=O) groups excluding carboxylic acids is 1. The van der Waals surface area contributed by atoms with E-state index in [1.165, 1.54) is 4.31 Å². The topological polar surface area (TPSA) is 75.7 Å². The number of para-hydroxylation sites is 1. The number of nitrogens with zero attached hydrogens (tertiary/aromatic N) is 1. The van der Waals surface area contributed by atoms with E-state index in [-0.39, 0.29) is 22.9 Å². The van der Waals surface area contributed by atoms with Crippen molar-refractivity contribution in [3.8, 4) is 5.75 Å². The van der Waals surface area contributed by atoms with Gasteiger partial charge in [0.15, 0.2) is 0 Å². The molecule has 4 rings (SSSR count). The van der Waals surface area contributed by atoms with Crippen LogP contribution in [0.25, 0.3) is 0 Å².